The van der Waals surface area contributed by atoms with Gasteiger partial charge in [-0.3, -0.25) is 4.79 Å². The van der Waals surface area contributed by atoms with E-state index in [2.05, 4.69) is 9.97 Å². The van der Waals surface area contributed by atoms with Crippen LogP contribution in [-0.4, -0.2) is 25.6 Å². The van der Waals surface area contributed by atoms with Crippen LogP contribution in [0.15, 0.2) is 42.6 Å². The van der Waals surface area contributed by atoms with Crippen molar-refractivity contribution in [1.82, 2.24) is 14.5 Å². The molecule has 0 amide bonds. The summed E-state index contributed by atoms with van der Waals surface area (Å²) < 4.78 is 7.74. The zero-order valence-corrected chi connectivity index (χ0v) is 13.5. The van der Waals surface area contributed by atoms with E-state index < -0.39 is 5.97 Å². The summed E-state index contributed by atoms with van der Waals surface area (Å²) in [5.41, 5.74) is 2.60. The summed E-state index contributed by atoms with van der Waals surface area (Å²) >= 11 is 0. The largest absolute Gasteiger partial charge is 0.486 e. The number of carboxylic acids is 1. The molecule has 0 aliphatic heterocycles. The number of carboxylic acid groups (broad SMARTS) is 1. The van der Waals surface area contributed by atoms with Gasteiger partial charge >= 0.3 is 5.97 Å². The zero-order valence-electron chi connectivity index (χ0n) is 13.5. The van der Waals surface area contributed by atoms with E-state index in [-0.39, 0.29) is 6.42 Å². The molecule has 3 aromatic rings. The number of carbonyl (C=O) groups is 1. The van der Waals surface area contributed by atoms with E-state index in [0.29, 0.717) is 19.6 Å². The third-order valence-electron chi connectivity index (χ3n) is 3.68. The number of rotatable bonds is 7. The Bertz CT molecular complexity index is 843. The van der Waals surface area contributed by atoms with Crippen molar-refractivity contribution in [2.45, 2.75) is 32.9 Å². The second kappa shape index (κ2) is 7.12. The molecule has 1 aromatic carbocycles. The van der Waals surface area contributed by atoms with Crippen molar-refractivity contribution in [2.75, 3.05) is 0 Å². The summed E-state index contributed by atoms with van der Waals surface area (Å²) in [5, 5.41) is 8.85. The molecule has 0 spiro atoms. The van der Waals surface area contributed by atoms with Gasteiger partial charge in [0.2, 0.25) is 0 Å². The lowest BCUT2D eigenvalue weighted by Crippen LogP contribution is -2.09. The first-order valence-corrected chi connectivity index (χ1v) is 7.85. The van der Waals surface area contributed by atoms with Crippen molar-refractivity contribution in [2.24, 2.45) is 0 Å². The molecule has 24 heavy (non-hydrogen) atoms. The number of hydrogen-bond donors (Lipinski definition) is 1. The Kier molecular flexibility index (Phi) is 4.74. The Balaban J connectivity index is 1.85. The van der Waals surface area contributed by atoms with Crippen LogP contribution in [0.5, 0.6) is 5.75 Å². The highest BCUT2D eigenvalue weighted by atomic mass is 16.5. The molecule has 1 N–H and O–H groups in total. The Labute approximate surface area is 139 Å². The fraction of sp³-hybridized carbons (Fsp3) is 0.278. The van der Waals surface area contributed by atoms with Gasteiger partial charge in [-0.15, -0.1) is 0 Å². The van der Waals surface area contributed by atoms with E-state index >= 15 is 0 Å². The van der Waals surface area contributed by atoms with Crippen molar-refractivity contribution in [3.63, 3.8) is 0 Å². The maximum Gasteiger partial charge on any atom is 0.303 e. The number of nitrogens with zero attached hydrogens (tertiary/aromatic N) is 3. The number of aliphatic carboxylic acids is 1. The van der Waals surface area contributed by atoms with Gasteiger partial charge in [-0.25, -0.2) is 9.97 Å². The van der Waals surface area contributed by atoms with Crippen LogP contribution < -0.4 is 4.74 Å². The lowest BCUT2D eigenvalue weighted by atomic mass is 10.3. The Morgan fingerprint density at radius 2 is 2.08 bits per heavy atom. The molecule has 6 heteroatoms. The molecule has 2 heterocycles. The standard InChI is InChI=1S/C18H19N3O3/c1-13-10-15-18(19-11-13)21(9-5-8-17(22)23)16(20-15)12-24-14-6-3-2-4-7-14/h2-4,6-7,10-11H,5,8-9,12H2,1H3,(H,22,23). The molecule has 0 saturated heterocycles. The Hall–Kier alpha value is -2.89. The fourth-order valence-electron chi connectivity index (χ4n) is 2.56. The van der Waals surface area contributed by atoms with Crippen LogP contribution in [0.3, 0.4) is 0 Å². The molecular weight excluding hydrogens is 306 g/mol. The minimum absolute atomic E-state index is 0.116. The lowest BCUT2D eigenvalue weighted by molar-refractivity contribution is -0.137. The maximum atomic E-state index is 10.8. The van der Waals surface area contributed by atoms with Gasteiger partial charge in [0.25, 0.3) is 0 Å². The molecule has 2 aromatic heterocycles. The fourth-order valence-corrected chi connectivity index (χ4v) is 2.56. The molecule has 0 radical (unpaired) electrons. The van der Waals surface area contributed by atoms with E-state index in [1.807, 2.05) is 47.9 Å². The number of pyridine rings is 1. The second-order valence-electron chi connectivity index (χ2n) is 5.63. The molecule has 0 saturated carbocycles. The monoisotopic (exact) mass is 325 g/mol. The van der Waals surface area contributed by atoms with Crippen LogP contribution >= 0.6 is 0 Å². The van der Waals surface area contributed by atoms with Gasteiger partial charge in [-0.2, -0.15) is 0 Å². The molecule has 3 rings (SSSR count). The number of ether oxygens (including phenoxy) is 1. The van der Waals surface area contributed by atoms with E-state index in [4.69, 9.17) is 9.84 Å². The number of benzene rings is 1. The lowest BCUT2D eigenvalue weighted by Gasteiger charge is -2.09. The first-order valence-electron chi connectivity index (χ1n) is 7.85. The van der Waals surface area contributed by atoms with Gasteiger partial charge in [0.05, 0.1) is 0 Å². The predicted molar refractivity (Wildman–Crippen MR) is 89.9 cm³/mol. The molecule has 124 valence electrons. The third kappa shape index (κ3) is 3.71. The maximum absolute atomic E-state index is 10.8. The summed E-state index contributed by atoms with van der Waals surface area (Å²) in [7, 11) is 0. The van der Waals surface area contributed by atoms with Gasteiger partial charge in [-0.1, -0.05) is 18.2 Å². The number of hydrogen-bond acceptors (Lipinski definition) is 4. The van der Waals surface area contributed by atoms with Gasteiger partial charge in [0.1, 0.15) is 23.7 Å². The second-order valence-corrected chi connectivity index (χ2v) is 5.63. The Morgan fingerprint density at radius 1 is 1.29 bits per heavy atom. The summed E-state index contributed by atoms with van der Waals surface area (Å²) in [4.78, 5) is 19.8. The van der Waals surface area contributed by atoms with Crippen LogP contribution in [0.4, 0.5) is 0 Å². The minimum atomic E-state index is -0.801. The van der Waals surface area contributed by atoms with Crippen molar-refractivity contribution >= 4 is 17.1 Å². The van der Waals surface area contributed by atoms with Crippen molar-refractivity contribution in [1.29, 1.82) is 0 Å². The average molecular weight is 325 g/mol. The third-order valence-corrected chi connectivity index (χ3v) is 3.68. The van der Waals surface area contributed by atoms with Crippen LogP contribution in [0.1, 0.15) is 24.2 Å². The summed E-state index contributed by atoms with van der Waals surface area (Å²) in [6.45, 7) is 2.83. The highest BCUT2D eigenvalue weighted by molar-refractivity contribution is 5.72. The van der Waals surface area contributed by atoms with Crippen molar-refractivity contribution in [3.05, 3.63) is 54.0 Å². The number of aryl methyl sites for hydroxylation is 2. The van der Waals surface area contributed by atoms with E-state index in [1.54, 1.807) is 6.20 Å². The van der Waals surface area contributed by atoms with E-state index in [1.165, 1.54) is 0 Å². The summed E-state index contributed by atoms with van der Waals surface area (Å²) in [6.07, 6.45) is 2.43. The minimum Gasteiger partial charge on any atom is -0.486 e. The highest BCUT2D eigenvalue weighted by Gasteiger charge is 2.13. The van der Waals surface area contributed by atoms with Crippen LogP contribution in [0.2, 0.25) is 0 Å². The highest BCUT2D eigenvalue weighted by Crippen LogP contribution is 2.18. The summed E-state index contributed by atoms with van der Waals surface area (Å²) in [6, 6.07) is 11.5. The van der Waals surface area contributed by atoms with Crippen LogP contribution in [0, 0.1) is 6.92 Å². The molecule has 0 unspecified atom stereocenters. The summed E-state index contributed by atoms with van der Waals surface area (Å²) in [5.74, 6) is 0.716. The normalized spacial score (nSPS) is 10.9. The molecule has 0 aliphatic carbocycles. The van der Waals surface area contributed by atoms with Crippen LogP contribution in [0.25, 0.3) is 11.2 Å². The molecular formula is C18H19N3O3. The zero-order chi connectivity index (χ0) is 16.9. The first-order chi connectivity index (χ1) is 11.6. The molecule has 6 nitrogen and oxygen atoms in total. The SMILES string of the molecule is Cc1cnc2c(c1)nc(COc1ccccc1)n2CCCC(=O)O. The van der Waals surface area contributed by atoms with E-state index in [0.717, 1.165) is 28.3 Å². The number of para-hydroxylation sites is 1. The van der Waals surface area contributed by atoms with E-state index in [9.17, 15) is 4.79 Å². The molecule has 0 fully saturated rings. The first kappa shape index (κ1) is 16.0. The number of aromatic nitrogens is 3. The molecule has 0 aliphatic rings. The van der Waals surface area contributed by atoms with Gasteiger partial charge in [0, 0.05) is 19.2 Å². The van der Waals surface area contributed by atoms with Gasteiger partial charge < -0.3 is 14.4 Å². The van der Waals surface area contributed by atoms with Crippen molar-refractivity contribution < 1.29 is 14.6 Å². The average Bonchev–Trinajstić information content (AvgIpc) is 2.90. The quantitative estimate of drug-likeness (QED) is 0.722. The van der Waals surface area contributed by atoms with Crippen molar-refractivity contribution in [3.8, 4) is 5.75 Å². The topological polar surface area (TPSA) is 77.2 Å². The molecule has 0 atom stereocenters. The molecule has 0 bridgehead atoms. The number of fused-ring (bicyclic) bond motifs is 1. The van der Waals surface area contributed by atoms with Crippen LogP contribution in [-0.2, 0) is 17.9 Å². The predicted octanol–water partition coefficient (Wildman–Crippen LogP) is 3.18. The van der Waals surface area contributed by atoms with Gasteiger partial charge in [0.15, 0.2) is 5.65 Å². The number of imidazole rings is 1. The smallest absolute Gasteiger partial charge is 0.303 e. The van der Waals surface area contributed by atoms with Gasteiger partial charge in [-0.05, 0) is 37.1 Å². The Morgan fingerprint density at radius 3 is 2.83 bits per heavy atom.